The molecule has 0 bridgehead atoms. The molecule has 76 valence electrons. The van der Waals surface area contributed by atoms with Gasteiger partial charge in [0.2, 0.25) is 0 Å². The van der Waals surface area contributed by atoms with E-state index in [4.69, 9.17) is 0 Å². The van der Waals surface area contributed by atoms with Gasteiger partial charge in [-0.3, -0.25) is 0 Å². The fourth-order valence-corrected chi connectivity index (χ4v) is 3.32. The molecule has 0 radical (unpaired) electrons. The van der Waals surface area contributed by atoms with E-state index in [-0.39, 0.29) is 11.5 Å². The number of benzene rings is 1. The minimum Gasteiger partial charge on any atom is -0.337 e. The molecular weight excluding hydrogens is 184 g/mol. The zero-order valence-electron chi connectivity index (χ0n) is 8.74. The molecular formula is C13H15N2+. The van der Waals surface area contributed by atoms with Gasteiger partial charge in [0.25, 0.3) is 0 Å². The maximum absolute atomic E-state index is 9.29. The summed E-state index contributed by atoms with van der Waals surface area (Å²) in [5, 5.41) is 11.7. The largest absolute Gasteiger partial charge is 0.337 e. The Hall–Kier alpha value is -1.33. The Morgan fingerprint density at radius 3 is 3.00 bits per heavy atom. The Labute approximate surface area is 89.9 Å². The summed E-state index contributed by atoms with van der Waals surface area (Å²) >= 11 is 0. The molecule has 0 saturated carbocycles. The Morgan fingerprint density at radius 1 is 1.40 bits per heavy atom. The van der Waals surface area contributed by atoms with Gasteiger partial charge >= 0.3 is 0 Å². The van der Waals surface area contributed by atoms with Crippen LogP contribution in [0.25, 0.3) is 0 Å². The lowest BCUT2D eigenvalue weighted by molar-refractivity contribution is -0.721. The third-order valence-electron chi connectivity index (χ3n) is 4.02. The van der Waals surface area contributed by atoms with Crippen LogP contribution in [0.1, 0.15) is 24.0 Å². The van der Waals surface area contributed by atoms with E-state index in [1.165, 1.54) is 30.5 Å². The minimum atomic E-state index is 0.103. The van der Waals surface area contributed by atoms with Gasteiger partial charge in [-0.2, -0.15) is 5.26 Å². The maximum atomic E-state index is 9.29. The fraction of sp³-hybridized carbons (Fsp3) is 0.462. The fourth-order valence-electron chi connectivity index (χ4n) is 3.32. The van der Waals surface area contributed by atoms with E-state index < -0.39 is 0 Å². The summed E-state index contributed by atoms with van der Waals surface area (Å²) in [4.78, 5) is 0. The van der Waals surface area contributed by atoms with Crippen LogP contribution in [0.15, 0.2) is 24.3 Å². The second-order valence-corrected chi connectivity index (χ2v) is 4.68. The summed E-state index contributed by atoms with van der Waals surface area (Å²) in [5.41, 5.74) is 2.92. The van der Waals surface area contributed by atoms with Crippen LogP contribution in [0, 0.1) is 17.2 Å². The van der Waals surface area contributed by atoms with Crippen molar-refractivity contribution < 1.29 is 5.32 Å². The van der Waals surface area contributed by atoms with E-state index >= 15 is 0 Å². The van der Waals surface area contributed by atoms with E-state index in [0.717, 1.165) is 6.42 Å². The lowest BCUT2D eigenvalue weighted by atomic mass is 9.83. The topological polar surface area (TPSA) is 40.4 Å². The smallest absolute Gasteiger partial charge is 0.138 e. The molecule has 1 spiro atoms. The van der Waals surface area contributed by atoms with Crippen LogP contribution in [-0.2, 0) is 12.0 Å². The molecule has 2 nitrogen and oxygen atoms in total. The number of nitriles is 1. The van der Waals surface area contributed by atoms with E-state index in [2.05, 4.69) is 35.7 Å². The predicted molar refractivity (Wildman–Crippen MR) is 57.0 cm³/mol. The van der Waals surface area contributed by atoms with Crippen molar-refractivity contribution in [1.82, 2.24) is 0 Å². The second-order valence-electron chi connectivity index (χ2n) is 4.68. The standard InChI is InChI=1S/C13H14N2/c14-9-11-8-10-4-1-2-5-12(10)13(11)6-3-7-15-13/h1-2,4-5,11,15H,3,6-8H2/p+1. The first-order valence-corrected chi connectivity index (χ1v) is 5.69. The molecule has 3 rings (SSSR count). The van der Waals surface area contributed by atoms with Gasteiger partial charge in [0, 0.05) is 18.4 Å². The average Bonchev–Trinajstić information content (AvgIpc) is 2.87. The highest BCUT2D eigenvalue weighted by molar-refractivity contribution is 5.40. The predicted octanol–water partition coefficient (Wildman–Crippen LogP) is 0.935. The number of rotatable bonds is 0. The first-order valence-electron chi connectivity index (χ1n) is 5.69. The summed E-state index contributed by atoms with van der Waals surface area (Å²) in [6, 6.07) is 11.1. The third-order valence-corrected chi connectivity index (χ3v) is 4.02. The molecule has 15 heavy (non-hydrogen) atoms. The van der Waals surface area contributed by atoms with Crippen LogP contribution in [-0.4, -0.2) is 6.54 Å². The molecule has 1 aliphatic heterocycles. The Bertz CT molecular complexity index is 424. The molecule has 2 heteroatoms. The normalized spacial score (nSPS) is 32.9. The van der Waals surface area contributed by atoms with Crippen LogP contribution in [0.2, 0.25) is 0 Å². The van der Waals surface area contributed by atoms with E-state index in [1.54, 1.807) is 0 Å². The zero-order valence-corrected chi connectivity index (χ0v) is 8.74. The summed E-state index contributed by atoms with van der Waals surface area (Å²) in [7, 11) is 0. The van der Waals surface area contributed by atoms with E-state index in [1.807, 2.05) is 0 Å². The zero-order chi connectivity index (χ0) is 10.3. The van der Waals surface area contributed by atoms with Gasteiger partial charge in [0.1, 0.15) is 11.5 Å². The summed E-state index contributed by atoms with van der Waals surface area (Å²) in [6.45, 7) is 1.17. The van der Waals surface area contributed by atoms with Gasteiger partial charge in [-0.05, 0) is 12.0 Å². The van der Waals surface area contributed by atoms with Crippen molar-refractivity contribution >= 4 is 0 Å². The highest BCUT2D eigenvalue weighted by Gasteiger charge is 2.52. The lowest BCUT2D eigenvalue weighted by Crippen LogP contribution is -2.92. The molecule has 2 N–H and O–H groups in total. The van der Waals surface area contributed by atoms with Crippen LogP contribution < -0.4 is 5.32 Å². The van der Waals surface area contributed by atoms with Crippen LogP contribution in [0.3, 0.4) is 0 Å². The highest BCUT2D eigenvalue weighted by atomic mass is 15.0. The number of fused-ring (bicyclic) bond motifs is 2. The van der Waals surface area contributed by atoms with Crippen molar-refractivity contribution in [2.24, 2.45) is 5.92 Å². The van der Waals surface area contributed by atoms with Gasteiger partial charge < -0.3 is 5.32 Å². The van der Waals surface area contributed by atoms with Crippen molar-refractivity contribution in [3.05, 3.63) is 35.4 Å². The number of hydrogen-bond donors (Lipinski definition) is 1. The van der Waals surface area contributed by atoms with Crippen molar-refractivity contribution in [1.29, 1.82) is 5.26 Å². The highest BCUT2D eigenvalue weighted by Crippen LogP contribution is 2.42. The molecule has 1 aliphatic carbocycles. The van der Waals surface area contributed by atoms with Crippen LogP contribution in [0.5, 0.6) is 0 Å². The molecule has 0 aromatic heterocycles. The number of nitrogens with two attached hydrogens (primary N) is 1. The first-order chi connectivity index (χ1) is 7.37. The first kappa shape index (κ1) is 8.94. The molecule has 2 aliphatic rings. The van der Waals surface area contributed by atoms with Crippen molar-refractivity contribution in [2.75, 3.05) is 6.54 Å². The molecule has 0 amide bonds. The van der Waals surface area contributed by atoms with Crippen LogP contribution >= 0.6 is 0 Å². The molecule has 1 aromatic carbocycles. The molecule has 1 saturated heterocycles. The number of nitrogens with zero attached hydrogens (tertiary/aromatic N) is 1. The summed E-state index contributed by atoms with van der Waals surface area (Å²) < 4.78 is 0. The van der Waals surface area contributed by atoms with Gasteiger partial charge in [0.05, 0.1) is 12.6 Å². The number of hydrogen-bond acceptors (Lipinski definition) is 1. The molecule has 1 aromatic rings. The van der Waals surface area contributed by atoms with Gasteiger partial charge in [-0.1, -0.05) is 24.3 Å². The molecule has 1 fully saturated rings. The summed E-state index contributed by atoms with van der Waals surface area (Å²) in [6.07, 6.45) is 3.36. The van der Waals surface area contributed by atoms with Crippen molar-refractivity contribution in [3.63, 3.8) is 0 Å². The minimum absolute atomic E-state index is 0.103. The molecule has 2 atom stereocenters. The monoisotopic (exact) mass is 199 g/mol. The average molecular weight is 199 g/mol. The quantitative estimate of drug-likeness (QED) is 0.663. The van der Waals surface area contributed by atoms with E-state index in [9.17, 15) is 5.26 Å². The molecule has 2 unspecified atom stereocenters. The van der Waals surface area contributed by atoms with Crippen molar-refractivity contribution in [2.45, 2.75) is 24.8 Å². The van der Waals surface area contributed by atoms with Crippen molar-refractivity contribution in [3.8, 4) is 6.07 Å². The van der Waals surface area contributed by atoms with Gasteiger partial charge in [0.15, 0.2) is 0 Å². The van der Waals surface area contributed by atoms with Crippen LogP contribution in [0.4, 0.5) is 0 Å². The SMILES string of the molecule is N#CC1Cc2ccccc2C12CCC[NH2+]2. The Kier molecular flexibility index (Phi) is 1.83. The Morgan fingerprint density at radius 2 is 2.27 bits per heavy atom. The molecule has 1 heterocycles. The van der Waals surface area contributed by atoms with E-state index in [0.29, 0.717) is 0 Å². The maximum Gasteiger partial charge on any atom is 0.138 e. The number of quaternary nitrogens is 1. The van der Waals surface area contributed by atoms with Gasteiger partial charge in [-0.15, -0.1) is 0 Å². The lowest BCUT2D eigenvalue weighted by Gasteiger charge is -2.24. The second kappa shape index (κ2) is 3.08. The summed E-state index contributed by atoms with van der Waals surface area (Å²) in [5.74, 6) is 0.178. The third kappa shape index (κ3) is 1.07. The van der Waals surface area contributed by atoms with Gasteiger partial charge in [-0.25, -0.2) is 0 Å². The Balaban J connectivity index is 2.15.